The number of esters is 1. The van der Waals surface area contributed by atoms with Crippen molar-refractivity contribution in [3.05, 3.63) is 30.1 Å². The summed E-state index contributed by atoms with van der Waals surface area (Å²) in [5.74, 6) is -1.53. The van der Waals surface area contributed by atoms with E-state index in [1.165, 1.54) is 0 Å². The summed E-state index contributed by atoms with van der Waals surface area (Å²) in [5.41, 5.74) is 0. The third-order valence-corrected chi connectivity index (χ3v) is 4.12. The summed E-state index contributed by atoms with van der Waals surface area (Å²) < 4.78 is 41.0. The molecule has 0 unspecified atom stereocenters. The van der Waals surface area contributed by atoms with E-state index in [4.69, 9.17) is 0 Å². The number of hydrogen-bond acceptors (Lipinski definition) is 6. The second-order valence-corrected chi connectivity index (χ2v) is 7.17. The monoisotopic (exact) mass is 376 g/mol. The molecule has 0 spiro atoms. The minimum atomic E-state index is -4.05. The van der Waals surface area contributed by atoms with Gasteiger partial charge in [-0.05, 0) is 36.6 Å². The number of carbonyl (C=O) groups excluding carboxylic acids is 2. The molecule has 0 atom stereocenters. The van der Waals surface area contributed by atoms with E-state index in [0.717, 1.165) is 30.7 Å². The number of amides is 1. The Morgan fingerprint density at radius 1 is 1.16 bits per heavy atom. The second kappa shape index (κ2) is 10.1. The summed E-state index contributed by atoms with van der Waals surface area (Å²) >= 11 is 0. The lowest BCUT2D eigenvalue weighted by atomic mass is 10.1. The average molecular weight is 376 g/mol. The molecule has 1 aromatic rings. The molecule has 8 nitrogen and oxygen atoms in total. The van der Waals surface area contributed by atoms with E-state index >= 15 is 0 Å². The number of nitrogens with one attached hydrogen (secondary N) is 2. The van der Waals surface area contributed by atoms with E-state index in [-0.39, 0.29) is 4.90 Å². The third kappa shape index (κ3) is 8.57. The largest absolute Gasteiger partial charge is 0.454 e. The average Bonchev–Trinajstić information content (AvgIpc) is 2.53. The fourth-order valence-corrected chi connectivity index (χ4v) is 2.37. The Bertz CT molecular complexity index is 676. The van der Waals surface area contributed by atoms with Crippen molar-refractivity contribution >= 4 is 21.9 Å². The maximum atomic E-state index is 12.8. The molecule has 0 aliphatic heterocycles. The van der Waals surface area contributed by atoms with Gasteiger partial charge in [-0.15, -0.1) is 0 Å². The summed E-state index contributed by atoms with van der Waals surface area (Å²) in [6, 6.07) is 4.03. The highest BCUT2D eigenvalue weighted by atomic mass is 32.2. The van der Waals surface area contributed by atoms with Crippen LogP contribution in [-0.2, 0) is 29.2 Å². The Morgan fingerprint density at radius 3 is 2.40 bits per heavy atom. The normalized spacial score (nSPS) is 11.4. The first-order valence-corrected chi connectivity index (χ1v) is 9.00. The number of rotatable bonds is 10. The minimum Gasteiger partial charge on any atom is -0.454 e. The van der Waals surface area contributed by atoms with Crippen LogP contribution in [0.5, 0.6) is 0 Å². The van der Waals surface area contributed by atoms with Crippen molar-refractivity contribution in [3.8, 4) is 0 Å². The van der Waals surface area contributed by atoms with Gasteiger partial charge in [0, 0.05) is 6.54 Å². The number of benzene rings is 1. The first-order chi connectivity index (χ1) is 11.7. The summed E-state index contributed by atoms with van der Waals surface area (Å²) in [4.78, 5) is 28.8. The van der Waals surface area contributed by atoms with Gasteiger partial charge in [0.25, 0.3) is 15.9 Å². The van der Waals surface area contributed by atoms with Crippen LogP contribution in [-0.4, -0.2) is 40.1 Å². The van der Waals surface area contributed by atoms with Crippen LogP contribution in [0.2, 0.25) is 0 Å². The zero-order chi connectivity index (χ0) is 18.9. The van der Waals surface area contributed by atoms with Crippen molar-refractivity contribution in [1.29, 1.82) is 0 Å². The van der Waals surface area contributed by atoms with Gasteiger partial charge in [0.2, 0.25) is 0 Å². The van der Waals surface area contributed by atoms with Crippen LogP contribution in [0.3, 0.4) is 0 Å². The fraction of sp³-hybridized carbons (Fsp3) is 0.467. The zero-order valence-electron chi connectivity index (χ0n) is 14.0. The molecule has 0 saturated carbocycles. The van der Waals surface area contributed by atoms with Crippen molar-refractivity contribution in [2.24, 2.45) is 5.92 Å². The van der Waals surface area contributed by atoms with Gasteiger partial charge in [-0.3, -0.25) is 9.63 Å². The fourth-order valence-electron chi connectivity index (χ4n) is 1.57. The molecule has 25 heavy (non-hydrogen) atoms. The van der Waals surface area contributed by atoms with Crippen LogP contribution < -0.4 is 10.2 Å². The Hall–Kier alpha value is -2.04. The molecule has 0 aromatic heterocycles. The predicted octanol–water partition coefficient (Wildman–Crippen LogP) is 0.741. The molecule has 1 amide bonds. The van der Waals surface area contributed by atoms with Gasteiger partial charge >= 0.3 is 5.97 Å². The zero-order valence-corrected chi connectivity index (χ0v) is 14.8. The minimum absolute atomic E-state index is 0.230. The molecule has 140 valence electrons. The highest BCUT2D eigenvalue weighted by molar-refractivity contribution is 7.89. The lowest BCUT2D eigenvalue weighted by molar-refractivity contribution is -0.153. The second-order valence-electron chi connectivity index (χ2n) is 5.52. The molecule has 1 aromatic carbocycles. The molecule has 0 radical (unpaired) electrons. The van der Waals surface area contributed by atoms with Crippen LogP contribution in [0.15, 0.2) is 29.2 Å². The van der Waals surface area contributed by atoms with E-state index in [9.17, 15) is 22.4 Å². The number of carbonyl (C=O) groups is 2. The Labute approximate surface area is 145 Å². The molecule has 0 heterocycles. The number of hydrogen-bond donors (Lipinski definition) is 2. The highest BCUT2D eigenvalue weighted by Crippen LogP contribution is 2.09. The maximum Gasteiger partial charge on any atom is 0.334 e. The Kier molecular flexibility index (Phi) is 8.46. The van der Waals surface area contributed by atoms with Crippen molar-refractivity contribution in [3.63, 3.8) is 0 Å². The lowest BCUT2D eigenvalue weighted by Gasteiger charge is -2.09. The van der Waals surface area contributed by atoms with Gasteiger partial charge in [-0.2, -0.15) is 0 Å². The standard InChI is InChI=1S/C15H21FN2O6S/c1-11(2)7-8-17-14(19)9-23-15(20)10-24-18-25(21,22)13-5-3-12(16)4-6-13/h3-6,11,18H,7-10H2,1-2H3,(H,17,19). The first-order valence-electron chi connectivity index (χ1n) is 7.52. The van der Waals surface area contributed by atoms with Crippen LogP contribution in [0.1, 0.15) is 20.3 Å². The predicted molar refractivity (Wildman–Crippen MR) is 86.1 cm³/mol. The van der Waals surface area contributed by atoms with Gasteiger partial charge in [-0.25, -0.2) is 17.6 Å². The van der Waals surface area contributed by atoms with E-state index in [2.05, 4.69) is 14.9 Å². The molecule has 0 fully saturated rings. The molecule has 0 saturated heterocycles. The number of halogens is 1. The van der Waals surface area contributed by atoms with Crippen LogP contribution in [0.4, 0.5) is 4.39 Å². The Morgan fingerprint density at radius 2 is 1.80 bits per heavy atom. The molecule has 10 heteroatoms. The first kappa shape index (κ1) is 21.0. The van der Waals surface area contributed by atoms with Crippen molar-refractivity contribution < 1.29 is 32.0 Å². The van der Waals surface area contributed by atoms with Gasteiger partial charge in [0.15, 0.2) is 13.2 Å². The summed E-state index contributed by atoms with van der Waals surface area (Å²) in [7, 11) is -4.05. The highest BCUT2D eigenvalue weighted by Gasteiger charge is 2.15. The smallest absolute Gasteiger partial charge is 0.334 e. The topological polar surface area (TPSA) is 111 Å². The van der Waals surface area contributed by atoms with E-state index < -0.39 is 40.9 Å². The Balaban J connectivity index is 2.28. The van der Waals surface area contributed by atoms with E-state index in [1.54, 1.807) is 4.89 Å². The van der Waals surface area contributed by atoms with Crippen LogP contribution in [0, 0.1) is 11.7 Å². The van der Waals surface area contributed by atoms with Crippen LogP contribution in [0.25, 0.3) is 0 Å². The van der Waals surface area contributed by atoms with E-state index in [1.807, 2.05) is 13.8 Å². The van der Waals surface area contributed by atoms with Crippen molar-refractivity contribution in [2.75, 3.05) is 19.8 Å². The molecule has 0 bridgehead atoms. The summed E-state index contributed by atoms with van der Waals surface area (Å²) in [5, 5.41) is 2.58. The molecule has 1 rings (SSSR count). The summed E-state index contributed by atoms with van der Waals surface area (Å²) in [6.07, 6.45) is 0.800. The number of sulfonamides is 1. The number of ether oxygens (including phenoxy) is 1. The SMILES string of the molecule is CC(C)CCNC(=O)COC(=O)CONS(=O)(=O)c1ccc(F)cc1. The van der Waals surface area contributed by atoms with E-state index in [0.29, 0.717) is 12.5 Å². The quantitative estimate of drug-likeness (QED) is 0.460. The van der Waals surface area contributed by atoms with Crippen molar-refractivity contribution in [2.45, 2.75) is 25.2 Å². The molecular weight excluding hydrogens is 355 g/mol. The maximum absolute atomic E-state index is 12.8. The van der Waals surface area contributed by atoms with Gasteiger partial charge < -0.3 is 10.1 Å². The lowest BCUT2D eigenvalue weighted by Crippen LogP contribution is -2.32. The van der Waals surface area contributed by atoms with Gasteiger partial charge in [0.1, 0.15) is 5.82 Å². The molecule has 0 aliphatic rings. The molecular formula is C15H21FN2O6S. The summed E-state index contributed by atoms with van der Waals surface area (Å²) in [6.45, 7) is 3.29. The van der Waals surface area contributed by atoms with Crippen molar-refractivity contribution in [1.82, 2.24) is 10.2 Å². The van der Waals surface area contributed by atoms with Gasteiger partial charge in [0.05, 0.1) is 4.90 Å². The molecule has 0 aliphatic carbocycles. The van der Waals surface area contributed by atoms with Gasteiger partial charge in [-0.1, -0.05) is 18.7 Å². The third-order valence-electron chi connectivity index (χ3n) is 2.89. The molecule has 2 N–H and O–H groups in total. The van der Waals surface area contributed by atoms with Crippen LogP contribution >= 0.6 is 0 Å².